The van der Waals surface area contributed by atoms with Crippen LogP contribution in [0.25, 0.3) is 0 Å². The van der Waals surface area contributed by atoms with Crippen molar-refractivity contribution in [3.8, 4) is 6.07 Å². The third-order valence-corrected chi connectivity index (χ3v) is 3.26. The van der Waals surface area contributed by atoms with Crippen LogP contribution in [-0.2, 0) is 0 Å². The molecule has 1 saturated carbocycles. The Kier molecular flexibility index (Phi) is 3.47. The van der Waals surface area contributed by atoms with Crippen LogP contribution in [0.4, 0.5) is 10.1 Å². The number of amides is 1. The topological polar surface area (TPSA) is 78.9 Å². The van der Waals surface area contributed by atoms with Crippen molar-refractivity contribution in [3.05, 3.63) is 29.6 Å². The van der Waals surface area contributed by atoms with Gasteiger partial charge in [-0.2, -0.15) is 5.26 Å². The molecule has 5 heteroatoms. The number of nitrogens with two attached hydrogens (primary N) is 1. The molecule has 0 heterocycles. The minimum absolute atomic E-state index is 0.110. The number of nitrogen functional groups attached to an aromatic ring is 1. The van der Waals surface area contributed by atoms with Crippen molar-refractivity contribution in [1.29, 1.82) is 5.26 Å². The van der Waals surface area contributed by atoms with Gasteiger partial charge < -0.3 is 11.1 Å². The van der Waals surface area contributed by atoms with Gasteiger partial charge in [0.2, 0.25) is 0 Å². The molecule has 18 heavy (non-hydrogen) atoms. The van der Waals surface area contributed by atoms with Gasteiger partial charge in [0.25, 0.3) is 5.91 Å². The Labute approximate surface area is 105 Å². The van der Waals surface area contributed by atoms with Crippen LogP contribution in [0.2, 0.25) is 0 Å². The van der Waals surface area contributed by atoms with Crippen LogP contribution < -0.4 is 11.1 Å². The van der Waals surface area contributed by atoms with E-state index in [-0.39, 0.29) is 29.1 Å². The minimum atomic E-state index is -0.472. The minimum Gasteiger partial charge on any atom is -0.398 e. The summed E-state index contributed by atoms with van der Waals surface area (Å²) in [7, 11) is 0. The highest BCUT2D eigenvalue weighted by molar-refractivity contribution is 5.99. The number of hydrogen-bond acceptors (Lipinski definition) is 3. The molecule has 1 aromatic carbocycles. The number of rotatable bonds is 2. The molecule has 0 saturated heterocycles. The fourth-order valence-electron chi connectivity index (χ4n) is 2.27. The van der Waals surface area contributed by atoms with E-state index >= 15 is 0 Å². The second kappa shape index (κ2) is 5.05. The number of nitriles is 1. The highest BCUT2D eigenvalue weighted by atomic mass is 19.1. The second-order valence-electron chi connectivity index (χ2n) is 4.48. The number of nitrogens with one attached hydrogen (secondary N) is 1. The Morgan fingerprint density at radius 3 is 2.94 bits per heavy atom. The summed E-state index contributed by atoms with van der Waals surface area (Å²) in [5.41, 5.74) is 5.96. The standard InChI is InChI=1S/C13H14FN3O/c14-9-4-5-10(11(16)6-9)13(18)17-12-3-1-2-8(12)7-15/h4-6,8,12H,1-3,16H2,(H,17,18). The lowest BCUT2D eigenvalue weighted by molar-refractivity contribution is 0.0933. The van der Waals surface area contributed by atoms with E-state index in [1.54, 1.807) is 0 Å². The summed E-state index contributed by atoms with van der Waals surface area (Å²) in [6.07, 6.45) is 2.54. The largest absolute Gasteiger partial charge is 0.398 e. The maximum absolute atomic E-state index is 12.9. The Bertz CT molecular complexity index is 509. The van der Waals surface area contributed by atoms with Gasteiger partial charge in [-0.1, -0.05) is 0 Å². The molecule has 0 spiro atoms. The predicted octanol–water partition coefficient (Wildman–Crippen LogP) is 1.83. The SMILES string of the molecule is N#CC1CCCC1NC(=O)c1ccc(F)cc1N. The highest BCUT2D eigenvalue weighted by Gasteiger charge is 2.28. The van der Waals surface area contributed by atoms with Crippen molar-refractivity contribution in [2.75, 3.05) is 5.73 Å². The third kappa shape index (κ3) is 2.43. The summed E-state index contributed by atoms with van der Waals surface area (Å²) in [5, 5.41) is 11.7. The smallest absolute Gasteiger partial charge is 0.253 e. The van der Waals surface area contributed by atoms with Gasteiger partial charge in [-0.25, -0.2) is 4.39 Å². The molecular formula is C13H14FN3O. The Balaban J connectivity index is 2.10. The summed E-state index contributed by atoms with van der Waals surface area (Å²) < 4.78 is 12.9. The molecule has 1 aliphatic carbocycles. The summed E-state index contributed by atoms with van der Waals surface area (Å²) in [6.45, 7) is 0. The molecule has 2 unspecified atom stereocenters. The monoisotopic (exact) mass is 247 g/mol. The number of carbonyl (C=O) groups is 1. The first-order chi connectivity index (χ1) is 8.61. The van der Waals surface area contributed by atoms with Crippen molar-refractivity contribution >= 4 is 11.6 Å². The van der Waals surface area contributed by atoms with E-state index in [9.17, 15) is 9.18 Å². The maximum atomic E-state index is 12.9. The molecule has 1 aliphatic rings. The average Bonchev–Trinajstić information content (AvgIpc) is 2.76. The fourth-order valence-corrected chi connectivity index (χ4v) is 2.27. The van der Waals surface area contributed by atoms with Crippen molar-refractivity contribution in [1.82, 2.24) is 5.32 Å². The van der Waals surface area contributed by atoms with Crippen LogP contribution in [0.15, 0.2) is 18.2 Å². The number of nitrogens with zero attached hydrogens (tertiary/aromatic N) is 1. The van der Waals surface area contributed by atoms with Crippen molar-refractivity contribution in [2.45, 2.75) is 25.3 Å². The number of carbonyl (C=O) groups excluding carboxylic acids is 1. The lowest BCUT2D eigenvalue weighted by Crippen LogP contribution is -2.37. The van der Waals surface area contributed by atoms with E-state index in [4.69, 9.17) is 11.0 Å². The Morgan fingerprint density at radius 2 is 2.28 bits per heavy atom. The summed E-state index contributed by atoms with van der Waals surface area (Å²) in [4.78, 5) is 12.0. The maximum Gasteiger partial charge on any atom is 0.253 e. The second-order valence-corrected chi connectivity index (χ2v) is 4.48. The van der Waals surface area contributed by atoms with Crippen LogP contribution in [0.1, 0.15) is 29.6 Å². The first-order valence-electron chi connectivity index (χ1n) is 5.87. The van der Waals surface area contributed by atoms with E-state index in [1.807, 2.05) is 0 Å². The molecule has 0 radical (unpaired) electrons. The Morgan fingerprint density at radius 1 is 1.50 bits per heavy atom. The zero-order valence-corrected chi connectivity index (χ0v) is 9.82. The van der Waals surface area contributed by atoms with E-state index in [2.05, 4.69) is 11.4 Å². The van der Waals surface area contributed by atoms with Gasteiger partial charge in [-0.15, -0.1) is 0 Å². The molecule has 1 fully saturated rings. The Hall–Kier alpha value is -2.09. The fraction of sp³-hybridized carbons (Fsp3) is 0.385. The quantitative estimate of drug-likeness (QED) is 0.782. The van der Waals surface area contributed by atoms with Crippen LogP contribution in [0, 0.1) is 23.1 Å². The molecule has 1 amide bonds. The molecule has 2 atom stereocenters. The molecule has 0 aliphatic heterocycles. The molecule has 1 aromatic rings. The number of halogens is 1. The summed E-state index contributed by atoms with van der Waals surface area (Å²) >= 11 is 0. The van der Waals surface area contributed by atoms with Gasteiger partial charge in [-0.05, 0) is 37.5 Å². The number of benzene rings is 1. The zero-order chi connectivity index (χ0) is 13.1. The van der Waals surface area contributed by atoms with E-state index in [0.29, 0.717) is 0 Å². The lowest BCUT2D eigenvalue weighted by atomic mass is 10.0. The van der Waals surface area contributed by atoms with Gasteiger partial charge >= 0.3 is 0 Å². The normalized spacial score (nSPS) is 22.4. The molecule has 0 aromatic heterocycles. The van der Waals surface area contributed by atoms with Gasteiger partial charge in [0.1, 0.15) is 5.82 Å². The molecule has 3 N–H and O–H groups in total. The van der Waals surface area contributed by atoms with Gasteiger partial charge in [0.05, 0.1) is 17.6 Å². The number of hydrogen-bond donors (Lipinski definition) is 2. The van der Waals surface area contributed by atoms with E-state index in [1.165, 1.54) is 12.1 Å². The molecule has 4 nitrogen and oxygen atoms in total. The van der Waals surface area contributed by atoms with E-state index < -0.39 is 5.82 Å². The van der Waals surface area contributed by atoms with Crippen LogP contribution in [0.5, 0.6) is 0 Å². The first-order valence-corrected chi connectivity index (χ1v) is 5.87. The van der Waals surface area contributed by atoms with Crippen molar-refractivity contribution in [3.63, 3.8) is 0 Å². The first kappa shape index (κ1) is 12.4. The average molecular weight is 247 g/mol. The van der Waals surface area contributed by atoms with Gasteiger partial charge in [0, 0.05) is 11.7 Å². The zero-order valence-electron chi connectivity index (χ0n) is 9.82. The van der Waals surface area contributed by atoms with Crippen molar-refractivity contribution < 1.29 is 9.18 Å². The van der Waals surface area contributed by atoms with Crippen LogP contribution >= 0.6 is 0 Å². The predicted molar refractivity (Wildman–Crippen MR) is 65.0 cm³/mol. The molecular weight excluding hydrogens is 233 g/mol. The summed E-state index contributed by atoms with van der Waals surface area (Å²) in [5.74, 6) is -0.963. The van der Waals surface area contributed by atoms with Gasteiger partial charge in [0.15, 0.2) is 0 Å². The number of anilines is 1. The van der Waals surface area contributed by atoms with Crippen molar-refractivity contribution in [2.24, 2.45) is 5.92 Å². The lowest BCUT2D eigenvalue weighted by Gasteiger charge is -2.16. The third-order valence-electron chi connectivity index (χ3n) is 3.26. The van der Waals surface area contributed by atoms with Crippen LogP contribution in [-0.4, -0.2) is 11.9 Å². The molecule has 0 bridgehead atoms. The highest BCUT2D eigenvalue weighted by Crippen LogP contribution is 2.25. The molecule has 94 valence electrons. The molecule has 2 rings (SSSR count). The summed E-state index contributed by atoms with van der Waals surface area (Å²) in [6, 6.07) is 5.73. The van der Waals surface area contributed by atoms with Crippen LogP contribution in [0.3, 0.4) is 0 Å². The van der Waals surface area contributed by atoms with E-state index in [0.717, 1.165) is 25.3 Å². The van der Waals surface area contributed by atoms with Gasteiger partial charge in [-0.3, -0.25) is 4.79 Å².